The van der Waals surface area contributed by atoms with E-state index < -0.39 is 10.0 Å². The van der Waals surface area contributed by atoms with Crippen molar-refractivity contribution >= 4 is 21.4 Å². The maximum absolute atomic E-state index is 12.1. The van der Waals surface area contributed by atoms with Gasteiger partial charge < -0.3 is 4.90 Å². The number of aryl methyl sites for hydroxylation is 2. The lowest BCUT2D eigenvalue weighted by atomic mass is 9.92. The average molecular weight is 360 g/mol. The first-order valence-corrected chi connectivity index (χ1v) is 11.0. The summed E-state index contributed by atoms with van der Waals surface area (Å²) in [5.41, 5.74) is 2.71. The van der Waals surface area contributed by atoms with Gasteiger partial charge in [0, 0.05) is 24.5 Å². The van der Waals surface area contributed by atoms with Crippen LogP contribution >= 0.6 is 11.3 Å². The highest BCUT2D eigenvalue weighted by atomic mass is 32.2. The van der Waals surface area contributed by atoms with Crippen LogP contribution in [0.25, 0.3) is 0 Å². The second kappa shape index (κ2) is 8.55. The van der Waals surface area contributed by atoms with Gasteiger partial charge in [-0.15, -0.1) is 11.3 Å². The van der Waals surface area contributed by atoms with Gasteiger partial charge in [0.15, 0.2) is 0 Å². The largest absolute Gasteiger partial charge is 0.303 e. The second-order valence-electron chi connectivity index (χ2n) is 6.88. The molecule has 1 fully saturated rings. The molecule has 0 bridgehead atoms. The van der Waals surface area contributed by atoms with Crippen molar-refractivity contribution in [1.29, 1.82) is 0 Å². The van der Waals surface area contributed by atoms with Gasteiger partial charge in [-0.25, -0.2) is 18.1 Å². The van der Waals surface area contributed by atoms with E-state index in [1.165, 1.54) is 17.8 Å². The van der Waals surface area contributed by atoms with E-state index >= 15 is 0 Å². The average Bonchev–Trinajstić information content (AvgIpc) is 2.86. The molecule has 0 aliphatic carbocycles. The molecule has 1 aromatic heterocycles. The van der Waals surface area contributed by atoms with E-state index in [2.05, 4.69) is 28.5 Å². The van der Waals surface area contributed by atoms with Crippen LogP contribution < -0.4 is 4.72 Å². The van der Waals surface area contributed by atoms with E-state index in [0.29, 0.717) is 13.0 Å². The monoisotopic (exact) mass is 359 g/mol. The number of sulfonamides is 1. The lowest BCUT2D eigenvalue weighted by Gasteiger charge is -2.34. The maximum Gasteiger partial charge on any atom is 0.211 e. The number of thiazole rings is 1. The number of piperidine rings is 1. The van der Waals surface area contributed by atoms with Crippen molar-refractivity contribution in [3.8, 4) is 0 Å². The van der Waals surface area contributed by atoms with Crippen molar-refractivity contribution in [3.05, 3.63) is 16.1 Å². The molecule has 132 valence electrons. The Hall–Kier alpha value is -0.500. The van der Waals surface area contributed by atoms with Crippen LogP contribution in [-0.4, -0.2) is 50.2 Å². The number of rotatable bonds is 8. The molecule has 0 spiro atoms. The Morgan fingerprint density at radius 1 is 1.35 bits per heavy atom. The SMILES string of the molecule is Cc1ncsc1CCS(=O)(=O)NCCCN1C[C@H](C)C[C@H](C)C1. The molecular formula is C16H29N3O2S2. The summed E-state index contributed by atoms with van der Waals surface area (Å²) in [5.74, 6) is 1.64. The maximum atomic E-state index is 12.1. The van der Waals surface area contributed by atoms with Gasteiger partial charge in [0.2, 0.25) is 10.0 Å². The summed E-state index contributed by atoms with van der Waals surface area (Å²) >= 11 is 1.53. The topological polar surface area (TPSA) is 62.3 Å². The van der Waals surface area contributed by atoms with Crippen molar-refractivity contribution in [2.24, 2.45) is 11.8 Å². The normalized spacial score (nSPS) is 23.3. The first-order valence-electron chi connectivity index (χ1n) is 8.44. The van der Waals surface area contributed by atoms with Crippen LogP contribution in [0.4, 0.5) is 0 Å². The van der Waals surface area contributed by atoms with Crippen molar-refractivity contribution in [1.82, 2.24) is 14.6 Å². The predicted octanol–water partition coefficient (Wildman–Crippen LogP) is 2.28. The number of hydrogen-bond acceptors (Lipinski definition) is 5. The zero-order valence-electron chi connectivity index (χ0n) is 14.4. The summed E-state index contributed by atoms with van der Waals surface area (Å²) in [7, 11) is -3.19. The summed E-state index contributed by atoms with van der Waals surface area (Å²) in [6.45, 7) is 10.3. The fraction of sp³-hybridized carbons (Fsp3) is 0.812. The molecule has 1 N–H and O–H groups in total. The molecule has 2 rings (SSSR count). The minimum Gasteiger partial charge on any atom is -0.303 e. The third-order valence-electron chi connectivity index (χ3n) is 4.36. The zero-order chi connectivity index (χ0) is 16.9. The molecule has 7 heteroatoms. The first kappa shape index (κ1) is 18.8. The molecule has 1 aliphatic heterocycles. The number of hydrogen-bond donors (Lipinski definition) is 1. The molecule has 0 amide bonds. The smallest absolute Gasteiger partial charge is 0.211 e. The third kappa shape index (κ3) is 6.49. The molecule has 0 aromatic carbocycles. The summed E-state index contributed by atoms with van der Waals surface area (Å²) in [6, 6.07) is 0. The lowest BCUT2D eigenvalue weighted by Crippen LogP contribution is -2.40. The van der Waals surface area contributed by atoms with E-state index in [4.69, 9.17) is 0 Å². The molecule has 1 aromatic rings. The summed E-state index contributed by atoms with van der Waals surface area (Å²) in [5, 5.41) is 0. The number of nitrogens with one attached hydrogen (secondary N) is 1. The molecule has 5 nitrogen and oxygen atoms in total. The molecular weight excluding hydrogens is 330 g/mol. The molecule has 1 aliphatic rings. The molecule has 23 heavy (non-hydrogen) atoms. The summed E-state index contributed by atoms with van der Waals surface area (Å²) < 4.78 is 26.8. The molecule has 1 saturated heterocycles. The van der Waals surface area contributed by atoms with Crippen molar-refractivity contribution in [2.45, 2.75) is 40.0 Å². The quantitative estimate of drug-likeness (QED) is 0.724. The highest BCUT2D eigenvalue weighted by molar-refractivity contribution is 7.89. The van der Waals surface area contributed by atoms with Crippen LogP contribution in [0.3, 0.4) is 0 Å². The number of likely N-dealkylation sites (tertiary alicyclic amines) is 1. The van der Waals surface area contributed by atoms with E-state index in [0.717, 1.165) is 48.5 Å². The van der Waals surface area contributed by atoms with Gasteiger partial charge in [-0.3, -0.25) is 0 Å². The van der Waals surface area contributed by atoms with Gasteiger partial charge in [0.05, 0.1) is 17.0 Å². The van der Waals surface area contributed by atoms with E-state index in [9.17, 15) is 8.42 Å². The van der Waals surface area contributed by atoms with Gasteiger partial charge in [0.1, 0.15) is 0 Å². The van der Waals surface area contributed by atoms with Crippen LogP contribution in [0.5, 0.6) is 0 Å². The molecule has 0 radical (unpaired) electrons. The van der Waals surface area contributed by atoms with E-state index in [1.807, 2.05) is 6.92 Å². The minimum atomic E-state index is -3.19. The van der Waals surface area contributed by atoms with Crippen LogP contribution in [0.2, 0.25) is 0 Å². The Morgan fingerprint density at radius 2 is 2.04 bits per heavy atom. The molecule has 0 unspecified atom stereocenters. The van der Waals surface area contributed by atoms with Gasteiger partial charge in [0.25, 0.3) is 0 Å². The first-order chi connectivity index (χ1) is 10.9. The molecule has 2 atom stereocenters. The standard InChI is InChI=1S/C16H29N3O2S2/c1-13-9-14(2)11-19(10-13)7-4-6-18-23(20,21)8-5-16-15(3)17-12-22-16/h12-14,18H,4-11H2,1-3H3/t13-,14+. The lowest BCUT2D eigenvalue weighted by molar-refractivity contribution is 0.140. The Labute approximate surface area is 144 Å². The Morgan fingerprint density at radius 3 is 2.65 bits per heavy atom. The Balaban J connectivity index is 1.65. The Bertz CT molecular complexity index is 576. The molecule has 0 saturated carbocycles. The summed E-state index contributed by atoms with van der Waals surface area (Å²) in [6.07, 6.45) is 2.73. The van der Waals surface area contributed by atoms with Gasteiger partial charge in [-0.2, -0.15) is 0 Å². The van der Waals surface area contributed by atoms with Gasteiger partial charge in [-0.05, 0) is 44.6 Å². The second-order valence-corrected chi connectivity index (χ2v) is 9.75. The number of nitrogens with zero attached hydrogens (tertiary/aromatic N) is 2. The highest BCUT2D eigenvalue weighted by Gasteiger charge is 2.21. The number of aromatic nitrogens is 1. The van der Waals surface area contributed by atoms with E-state index in [1.54, 1.807) is 5.51 Å². The van der Waals surface area contributed by atoms with Crippen LogP contribution in [-0.2, 0) is 16.4 Å². The highest BCUT2D eigenvalue weighted by Crippen LogP contribution is 2.20. The third-order valence-corrected chi connectivity index (χ3v) is 6.74. The van der Waals surface area contributed by atoms with Crippen molar-refractivity contribution < 1.29 is 8.42 Å². The van der Waals surface area contributed by atoms with Crippen LogP contribution in [0.1, 0.15) is 37.3 Å². The predicted molar refractivity (Wildman–Crippen MR) is 96.3 cm³/mol. The van der Waals surface area contributed by atoms with Gasteiger partial charge in [-0.1, -0.05) is 13.8 Å². The van der Waals surface area contributed by atoms with Gasteiger partial charge >= 0.3 is 0 Å². The minimum absolute atomic E-state index is 0.147. The fourth-order valence-electron chi connectivity index (χ4n) is 3.37. The van der Waals surface area contributed by atoms with Crippen LogP contribution in [0.15, 0.2) is 5.51 Å². The van der Waals surface area contributed by atoms with Crippen molar-refractivity contribution in [2.75, 3.05) is 31.9 Å². The summed E-state index contributed by atoms with van der Waals surface area (Å²) in [4.78, 5) is 7.68. The van der Waals surface area contributed by atoms with E-state index in [-0.39, 0.29) is 5.75 Å². The van der Waals surface area contributed by atoms with Crippen molar-refractivity contribution in [3.63, 3.8) is 0 Å². The van der Waals surface area contributed by atoms with Crippen LogP contribution in [0, 0.1) is 18.8 Å². The fourth-order valence-corrected chi connectivity index (χ4v) is 5.35. The molecule has 2 heterocycles. The zero-order valence-corrected chi connectivity index (χ0v) is 16.0. The Kier molecular flexibility index (Phi) is 7.00.